The van der Waals surface area contributed by atoms with Crippen molar-refractivity contribution in [2.45, 2.75) is 19.4 Å². The number of aryl methyl sites for hydroxylation is 1. The highest BCUT2D eigenvalue weighted by molar-refractivity contribution is 6.31. The maximum atomic E-state index is 11.4. The molecule has 1 amide bonds. The zero-order valence-electron chi connectivity index (χ0n) is 15.2. The van der Waals surface area contributed by atoms with Crippen molar-refractivity contribution >= 4 is 29.2 Å². The summed E-state index contributed by atoms with van der Waals surface area (Å²) in [5.74, 6) is 1.55. The number of hydrogen-bond donors (Lipinski definition) is 3. The van der Waals surface area contributed by atoms with E-state index in [1.165, 1.54) is 0 Å². The quantitative estimate of drug-likeness (QED) is 0.405. The Hall–Kier alpha value is -2.73. The van der Waals surface area contributed by atoms with Crippen LogP contribution in [0.3, 0.4) is 0 Å². The van der Waals surface area contributed by atoms with E-state index >= 15 is 0 Å². The van der Waals surface area contributed by atoms with E-state index in [1.54, 1.807) is 7.05 Å². The Morgan fingerprint density at radius 1 is 1.22 bits per heavy atom. The highest BCUT2D eigenvalue weighted by atomic mass is 35.5. The summed E-state index contributed by atoms with van der Waals surface area (Å²) in [6.45, 7) is 1.70. The number of benzene rings is 2. The van der Waals surface area contributed by atoms with Gasteiger partial charge in [0, 0.05) is 30.7 Å². The molecule has 1 heterocycles. The van der Waals surface area contributed by atoms with Gasteiger partial charge >= 0.3 is 0 Å². The number of nitrogens with one attached hydrogen (secondary N) is 3. The Kier molecular flexibility index (Phi) is 6.54. The molecule has 2 aromatic carbocycles. The lowest BCUT2D eigenvalue weighted by Crippen LogP contribution is -2.38. The minimum Gasteiger partial charge on any atom is -0.492 e. The van der Waals surface area contributed by atoms with E-state index < -0.39 is 0 Å². The number of hydrogen-bond acceptors (Lipinski definition) is 3. The maximum absolute atomic E-state index is 11.4. The number of amides is 1. The van der Waals surface area contributed by atoms with Crippen LogP contribution in [-0.2, 0) is 17.8 Å². The Balaban J connectivity index is 1.42. The fourth-order valence-electron chi connectivity index (χ4n) is 2.83. The van der Waals surface area contributed by atoms with E-state index in [0.29, 0.717) is 32.1 Å². The highest BCUT2D eigenvalue weighted by Crippen LogP contribution is 2.26. The molecule has 3 rings (SSSR count). The molecule has 0 radical (unpaired) electrons. The molecule has 0 aromatic heterocycles. The molecule has 2 aromatic rings. The third-order valence-electron chi connectivity index (χ3n) is 4.26. The van der Waals surface area contributed by atoms with Crippen molar-refractivity contribution in [2.24, 2.45) is 4.99 Å². The van der Waals surface area contributed by atoms with Crippen LogP contribution >= 0.6 is 11.6 Å². The molecule has 1 aliphatic heterocycles. The van der Waals surface area contributed by atoms with Crippen LogP contribution in [0.15, 0.2) is 47.5 Å². The Morgan fingerprint density at radius 2 is 2.07 bits per heavy atom. The van der Waals surface area contributed by atoms with Gasteiger partial charge in [0.05, 0.1) is 6.54 Å². The molecule has 27 heavy (non-hydrogen) atoms. The molecule has 0 spiro atoms. The van der Waals surface area contributed by atoms with Gasteiger partial charge in [0.25, 0.3) is 0 Å². The van der Waals surface area contributed by atoms with Crippen LogP contribution in [0.2, 0.25) is 5.02 Å². The molecule has 142 valence electrons. The average molecular weight is 387 g/mol. The predicted molar refractivity (Wildman–Crippen MR) is 109 cm³/mol. The van der Waals surface area contributed by atoms with Crippen LogP contribution in [-0.4, -0.2) is 32.1 Å². The summed E-state index contributed by atoms with van der Waals surface area (Å²) in [6, 6.07) is 13.5. The van der Waals surface area contributed by atoms with Gasteiger partial charge in [-0.15, -0.1) is 0 Å². The second-order valence-electron chi connectivity index (χ2n) is 6.16. The average Bonchev–Trinajstić information content (AvgIpc) is 2.68. The number of carbonyl (C=O) groups is 1. The summed E-state index contributed by atoms with van der Waals surface area (Å²) in [4.78, 5) is 15.6. The highest BCUT2D eigenvalue weighted by Gasteiger charge is 2.14. The summed E-state index contributed by atoms with van der Waals surface area (Å²) < 4.78 is 5.80. The second kappa shape index (κ2) is 9.28. The van der Waals surface area contributed by atoms with Gasteiger partial charge in [0.2, 0.25) is 5.91 Å². The first-order chi connectivity index (χ1) is 13.2. The summed E-state index contributed by atoms with van der Waals surface area (Å²) in [5, 5.41) is 10.0. The molecular weight excluding hydrogens is 364 g/mol. The number of halogens is 1. The number of rotatable bonds is 6. The van der Waals surface area contributed by atoms with E-state index in [2.05, 4.69) is 20.9 Å². The van der Waals surface area contributed by atoms with Crippen molar-refractivity contribution in [1.29, 1.82) is 0 Å². The van der Waals surface area contributed by atoms with Gasteiger partial charge < -0.3 is 20.7 Å². The van der Waals surface area contributed by atoms with Crippen LogP contribution in [0.1, 0.15) is 17.5 Å². The SMILES string of the molecule is CN=C(NCCOc1ccc2c(c1)CCC(=O)N2)NCc1ccccc1Cl. The summed E-state index contributed by atoms with van der Waals surface area (Å²) in [5.41, 5.74) is 3.00. The third-order valence-corrected chi connectivity index (χ3v) is 4.63. The number of carbonyl (C=O) groups excluding carboxylic acids is 1. The van der Waals surface area contributed by atoms with Crippen LogP contribution in [0.25, 0.3) is 0 Å². The Bertz CT molecular complexity index is 838. The van der Waals surface area contributed by atoms with Crippen molar-refractivity contribution in [2.75, 3.05) is 25.5 Å². The number of anilines is 1. The molecule has 7 heteroatoms. The monoisotopic (exact) mass is 386 g/mol. The lowest BCUT2D eigenvalue weighted by Gasteiger charge is -2.18. The second-order valence-corrected chi connectivity index (χ2v) is 6.57. The number of ether oxygens (including phenoxy) is 1. The van der Waals surface area contributed by atoms with Gasteiger partial charge in [-0.2, -0.15) is 0 Å². The summed E-state index contributed by atoms with van der Waals surface area (Å²) in [6.07, 6.45) is 1.26. The lowest BCUT2D eigenvalue weighted by molar-refractivity contribution is -0.116. The van der Waals surface area contributed by atoms with Gasteiger partial charge in [-0.05, 0) is 41.8 Å². The third kappa shape index (κ3) is 5.37. The van der Waals surface area contributed by atoms with Crippen LogP contribution < -0.4 is 20.7 Å². The van der Waals surface area contributed by atoms with Crippen molar-refractivity contribution < 1.29 is 9.53 Å². The standard InChI is InChI=1S/C20H23ClN4O2/c1-22-20(24-13-15-4-2-3-5-17(15)21)23-10-11-27-16-7-8-18-14(12-16)6-9-19(26)25-18/h2-5,7-8,12H,6,9-11,13H2,1H3,(H,25,26)(H2,22,23,24). The molecule has 6 nitrogen and oxygen atoms in total. The summed E-state index contributed by atoms with van der Waals surface area (Å²) >= 11 is 6.16. The van der Waals surface area contributed by atoms with Crippen LogP contribution in [0.5, 0.6) is 5.75 Å². The molecule has 0 unspecified atom stereocenters. The molecule has 0 fully saturated rings. The number of aliphatic imine (C=N–C) groups is 1. The van der Waals surface area contributed by atoms with Crippen LogP contribution in [0, 0.1) is 0 Å². The molecule has 0 bridgehead atoms. The normalized spacial score (nSPS) is 13.6. The fraction of sp³-hybridized carbons (Fsp3) is 0.300. The first-order valence-corrected chi connectivity index (χ1v) is 9.27. The minimum atomic E-state index is 0.0658. The van der Waals surface area contributed by atoms with Crippen molar-refractivity contribution in [3.05, 3.63) is 58.6 Å². The maximum Gasteiger partial charge on any atom is 0.224 e. The predicted octanol–water partition coefficient (Wildman–Crippen LogP) is 2.97. The van der Waals surface area contributed by atoms with E-state index in [4.69, 9.17) is 16.3 Å². The minimum absolute atomic E-state index is 0.0658. The van der Waals surface area contributed by atoms with Gasteiger partial charge in [-0.3, -0.25) is 9.79 Å². The molecule has 3 N–H and O–H groups in total. The van der Waals surface area contributed by atoms with Gasteiger partial charge in [-0.1, -0.05) is 29.8 Å². The number of guanidine groups is 1. The molecular formula is C20H23ClN4O2. The van der Waals surface area contributed by atoms with Gasteiger partial charge in [0.1, 0.15) is 12.4 Å². The zero-order chi connectivity index (χ0) is 19.1. The van der Waals surface area contributed by atoms with E-state index in [-0.39, 0.29) is 5.91 Å². The smallest absolute Gasteiger partial charge is 0.224 e. The lowest BCUT2D eigenvalue weighted by atomic mass is 10.0. The fourth-order valence-corrected chi connectivity index (χ4v) is 3.03. The van der Waals surface area contributed by atoms with Crippen molar-refractivity contribution in [1.82, 2.24) is 10.6 Å². The first kappa shape index (κ1) is 19.0. The van der Waals surface area contributed by atoms with Gasteiger partial charge in [0.15, 0.2) is 5.96 Å². The molecule has 1 aliphatic rings. The van der Waals surface area contributed by atoms with Gasteiger partial charge in [-0.25, -0.2) is 0 Å². The number of nitrogens with zero attached hydrogens (tertiary/aromatic N) is 1. The Labute approximate surface area is 164 Å². The first-order valence-electron chi connectivity index (χ1n) is 8.89. The summed E-state index contributed by atoms with van der Waals surface area (Å²) in [7, 11) is 1.72. The number of fused-ring (bicyclic) bond motifs is 1. The van der Waals surface area contributed by atoms with Crippen LogP contribution in [0.4, 0.5) is 5.69 Å². The van der Waals surface area contributed by atoms with Crippen molar-refractivity contribution in [3.63, 3.8) is 0 Å². The van der Waals surface area contributed by atoms with E-state index in [0.717, 1.165) is 34.0 Å². The van der Waals surface area contributed by atoms with E-state index in [9.17, 15) is 4.79 Å². The molecule has 0 saturated heterocycles. The molecule has 0 atom stereocenters. The van der Waals surface area contributed by atoms with Crippen molar-refractivity contribution in [3.8, 4) is 5.75 Å². The molecule has 0 aliphatic carbocycles. The zero-order valence-corrected chi connectivity index (χ0v) is 16.0. The molecule has 0 saturated carbocycles. The van der Waals surface area contributed by atoms with E-state index in [1.807, 2.05) is 42.5 Å². The Morgan fingerprint density at radius 3 is 2.89 bits per heavy atom. The largest absolute Gasteiger partial charge is 0.492 e. The topological polar surface area (TPSA) is 74.8 Å².